The standard InChI is InChI=1S/C29H26NO/c1-16(2)24-23-9-7-6-8-21(23)18(4)25-27-26-19(12-13-30(27)5)15-20-14-17(3)10-11-22(20)28(26)31-29(24)25/h6-16H,1-5H3/q+1. The summed E-state index contributed by atoms with van der Waals surface area (Å²) >= 11 is 0. The Morgan fingerprint density at radius 2 is 1.58 bits per heavy atom. The molecule has 2 nitrogen and oxygen atoms in total. The summed E-state index contributed by atoms with van der Waals surface area (Å²) in [5.74, 6) is 2.36. The highest BCUT2D eigenvalue weighted by Crippen LogP contribution is 2.53. The summed E-state index contributed by atoms with van der Waals surface area (Å²) in [6.45, 7) is 8.92. The molecule has 0 unspecified atom stereocenters. The molecular formula is C29H26NO+. The van der Waals surface area contributed by atoms with Crippen molar-refractivity contribution in [2.24, 2.45) is 7.05 Å². The monoisotopic (exact) mass is 404 g/mol. The zero-order chi connectivity index (χ0) is 21.4. The summed E-state index contributed by atoms with van der Waals surface area (Å²) in [5.41, 5.74) is 6.33. The predicted octanol–water partition coefficient (Wildman–Crippen LogP) is 7.48. The molecule has 2 heterocycles. The van der Waals surface area contributed by atoms with E-state index in [0.717, 1.165) is 11.5 Å². The van der Waals surface area contributed by atoms with Crippen LogP contribution in [0.15, 0.2) is 60.8 Å². The van der Waals surface area contributed by atoms with Crippen LogP contribution < -0.4 is 9.30 Å². The second kappa shape index (κ2) is 6.31. The van der Waals surface area contributed by atoms with E-state index in [1.165, 1.54) is 60.3 Å². The van der Waals surface area contributed by atoms with Crippen molar-refractivity contribution in [1.29, 1.82) is 0 Å². The fourth-order valence-corrected chi connectivity index (χ4v) is 5.41. The van der Waals surface area contributed by atoms with Crippen LogP contribution in [0.2, 0.25) is 0 Å². The molecule has 0 saturated heterocycles. The molecule has 0 aliphatic carbocycles. The van der Waals surface area contributed by atoms with Gasteiger partial charge >= 0.3 is 0 Å². The molecule has 0 fully saturated rings. The number of fused-ring (bicyclic) bond motifs is 5. The number of benzene rings is 4. The van der Waals surface area contributed by atoms with Gasteiger partial charge in [0.15, 0.2) is 6.20 Å². The van der Waals surface area contributed by atoms with Gasteiger partial charge in [-0.25, -0.2) is 4.57 Å². The van der Waals surface area contributed by atoms with E-state index in [-0.39, 0.29) is 0 Å². The maximum absolute atomic E-state index is 6.93. The Kier molecular flexibility index (Phi) is 3.74. The highest BCUT2D eigenvalue weighted by atomic mass is 16.5. The van der Waals surface area contributed by atoms with Gasteiger partial charge in [-0.05, 0) is 52.9 Å². The van der Waals surface area contributed by atoms with Crippen LogP contribution in [-0.2, 0) is 7.05 Å². The second-order valence-electron chi connectivity index (χ2n) is 9.21. The molecule has 0 amide bonds. The van der Waals surface area contributed by atoms with Crippen molar-refractivity contribution in [2.45, 2.75) is 33.6 Å². The Morgan fingerprint density at radius 1 is 0.806 bits per heavy atom. The van der Waals surface area contributed by atoms with Crippen molar-refractivity contribution >= 4 is 32.3 Å². The number of pyridine rings is 1. The molecule has 4 aromatic carbocycles. The number of hydrogen-bond acceptors (Lipinski definition) is 1. The Balaban J connectivity index is 1.88. The van der Waals surface area contributed by atoms with Gasteiger partial charge in [0.2, 0.25) is 5.69 Å². The molecule has 6 rings (SSSR count). The predicted molar refractivity (Wildman–Crippen MR) is 129 cm³/mol. The van der Waals surface area contributed by atoms with E-state index in [2.05, 4.69) is 100 Å². The van der Waals surface area contributed by atoms with E-state index >= 15 is 0 Å². The molecule has 1 aromatic heterocycles. The number of ether oxygens (including phenoxy) is 1. The average Bonchev–Trinajstić information content (AvgIpc) is 2.75. The molecule has 0 bridgehead atoms. The molecule has 1 aliphatic rings. The minimum Gasteiger partial charge on any atom is -0.455 e. The van der Waals surface area contributed by atoms with E-state index < -0.39 is 0 Å². The van der Waals surface area contributed by atoms with Gasteiger partial charge in [-0.3, -0.25) is 0 Å². The number of rotatable bonds is 1. The molecule has 2 heteroatoms. The zero-order valence-electron chi connectivity index (χ0n) is 18.7. The molecule has 0 N–H and O–H groups in total. The van der Waals surface area contributed by atoms with Crippen LogP contribution in [0.4, 0.5) is 0 Å². The van der Waals surface area contributed by atoms with E-state index in [0.29, 0.717) is 5.92 Å². The van der Waals surface area contributed by atoms with Gasteiger partial charge < -0.3 is 4.74 Å². The summed E-state index contributed by atoms with van der Waals surface area (Å²) in [5, 5.41) is 7.45. The number of hydrogen-bond donors (Lipinski definition) is 0. The lowest BCUT2D eigenvalue weighted by atomic mass is 9.85. The van der Waals surface area contributed by atoms with Gasteiger partial charge in [0.1, 0.15) is 18.5 Å². The van der Waals surface area contributed by atoms with Gasteiger partial charge in [-0.2, -0.15) is 0 Å². The molecule has 0 atom stereocenters. The zero-order valence-corrected chi connectivity index (χ0v) is 18.7. The van der Waals surface area contributed by atoms with E-state index in [4.69, 9.17) is 4.74 Å². The van der Waals surface area contributed by atoms with E-state index in [9.17, 15) is 0 Å². The summed E-state index contributed by atoms with van der Waals surface area (Å²) in [6, 6.07) is 19.9. The van der Waals surface area contributed by atoms with Crippen molar-refractivity contribution in [3.05, 3.63) is 77.5 Å². The minimum absolute atomic E-state index is 0.350. The molecule has 5 aromatic rings. The first kappa shape index (κ1) is 18.4. The Hall–Kier alpha value is -3.39. The largest absolute Gasteiger partial charge is 0.455 e. The quantitative estimate of drug-likeness (QED) is 0.204. The van der Waals surface area contributed by atoms with Crippen molar-refractivity contribution in [3.63, 3.8) is 0 Å². The third-order valence-electron chi connectivity index (χ3n) is 6.83. The third kappa shape index (κ3) is 2.42. The Morgan fingerprint density at radius 3 is 2.35 bits per heavy atom. The lowest BCUT2D eigenvalue weighted by molar-refractivity contribution is -0.659. The first-order valence-electron chi connectivity index (χ1n) is 11.0. The van der Waals surface area contributed by atoms with Crippen LogP contribution in [-0.4, -0.2) is 0 Å². The lowest BCUT2D eigenvalue weighted by Crippen LogP contribution is -2.32. The van der Waals surface area contributed by atoms with E-state index in [1.54, 1.807) is 0 Å². The summed E-state index contributed by atoms with van der Waals surface area (Å²) in [4.78, 5) is 0. The summed E-state index contributed by atoms with van der Waals surface area (Å²) in [7, 11) is 2.15. The molecule has 0 spiro atoms. The van der Waals surface area contributed by atoms with Gasteiger partial charge in [0, 0.05) is 17.0 Å². The first-order chi connectivity index (χ1) is 15.0. The topological polar surface area (TPSA) is 13.1 Å². The number of aryl methyl sites for hydroxylation is 3. The van der Waals surface area contributed by atoms with Crippen LogP contribution in [0, 0.1) is 13.8 Å². The second-order valence-corrected chi connectivity index (χ2v) is 9.21. The maximum atomic E-state index is 6.93. The van der Waals surface area contributed by atoms with Crippen LogP contribution in [0.25, 0.3) is 43.6 Å². The third-order valence-corrected chi connectivity index (χ3v) is 6.83. The normalized spacial score (nSPS) is 12.6. The fourth-order valence-electron chi connectivity index (χ4n) is 5.41. The first-order valence-corrected chi connectivity index (χ1v) is 11.0. The molecule has 0 saturated carbocycles. The Bertz CT molecular complexity index is 1560. The summed E-state index contributed by atoms with van der Waals surface area (Å²) in [6.07, 6.45) is 2.18. The van der Waals surface area contributed by atoms with Crippen molar-refractivity contribution in [3.8, 4) is 22.8 Å². The Labute approximate surface area is 182 Å². The smallest absolute Gasteiger partial charge is 0.228 e. The van der Waals surface area contributed by atoms with E-state index in [1.807, 2.05) is 0 Å². The van der Waals surface area contributed by atoms with Crippen molar-refractivity contribution in [2.75, 3.05) is 0 Å². The van der Waals surface area contributed by atoms with Gasteiger partial charge in [0.25, 0.3) is 0 Å². The van der Waals surface area contributed by atoms with Gasteiger partial charge in [0.05, 0.1) is 10.9 Å². The number of aromatic nitrogens is 1. The van der Waals surface area contributed by atoms with Crippen LogP contribution in [0.3, 0.4) is 0 Å². The highest BCUT2D eigenvalue weighted by Gasteiger charge is 2.34. The maximum Gasteiger partial charge on any atom is 0.228 e. The van der Waals surface area contributed by atoms with Crippen LogP contribution >= 0.6 is 0 Å². The van der Waals surface area contributed by atoms with Gasteiger partial charge in [-0.15, -0.1) is 0 Å². The lowest BCUT2D eigenvalue weighted by Gasteiger charge is -2.27. The molecule has 0 radical (unpaired) electrons. The minimum atomic E-state index is 0.350. The highest BCUT2D eigenvalue weighted by molar-refractivity contribution is 6.13. The molecular weight excluding hydrogens is 378 g/mol. The fraction of sp³-hybridized carbons (Fsp3) is 0.207. The SMILES string of the molecule is Cc1ccc2c3c4c([n+](C)ccc4cc2c1)-c1c(c(C(C)C)c2ccccc2c1C)O3. The molecule has 1 aliphatic heterocycles. The van der Waals surface area contributed by atoms with Gasteiger partial charge in [-0.1, -0.05) is 61.9 Å². The van der Waals surface area contributed by atoms with Crippen LogP contribution in [0.1, 0.15) is 36.5 Å². The van der Waals surface area contributed by atoms with Crippen molar-refractivity contribution in [1.82, 2.24) is 0 Å². The average molecular weight is 405 g/mol. The number of nitrogens with zero attached hydrogens (tertiary/aromatic N) is 1. The molecule has 152 valence electrons. The van der Waals surface area contributed by atoms with Crippen molar-refractivity contribution < 1.29 is 9.30 Å². The van der Waals surface area contributed by atoms with Crippen LogP contribution in [0.5, 0.6) is 11.5 Å². The summed E-state index contributed by atoms with van der Waals surface area (Å²) < 4.78 is 9.19. The molecule has 31 heavy (non-hydrogen) atoms.